The van der Waals surface area contributed by atoms with Gasteiger partial charge in [-0.3, -0.25) is 9.78 Å². The van der Waals surface area contributed by atoms with Crippen LogP contribution < -0.4 is 19.5 Å². The van der Waals surface area contributed by atoms with Gasteiger partial charge < -0.3 is 19.5 Å². The van der Waals surface area contributed by atoms with Crippen molar-refractivity contribution < 1.29 is 19.0 Å². The lowest BCUT2D eigenvalue weighted by Gasteiger charge is -2.13. The second kappa shape index (κ2) is 9.75. The van der Waals surface area contributed by atoms with Crippen LogP contribution in [0.5, 0.6) is 17.2 Å². The minimum absolute atomic E-state index is 0.193. The summed E-state index contributed by atoms with van der Waals surface area (Å²) in [6.45, 7) is 0.374. The van der Waals surface area contributed by atoms with Crippen LogP contribution in [0, 0.1) is 0 Å². The molecule has 164 valence electrons. The number of carbonyl (C=O) groups excluding carboxylic acids is 1. The number of pyridine rings is 1. The molecule has 0 fully saturated rings. The van der Waals surface area contributed by atoms with Gasteiger partial charge in [0.25, 0.3) is 0 Å². The number of nitrogens with zero attached hydrogens (tertiary/aromatic N) is 1. The van der Waals surface area contributed by atoms with Gasteiger partial charge in [-0.1, -0.05) is 17.7 Å². The Morgan fingerprint density at radius 2 is 2.12 bits per heavy atom. The van der Waals surface area contributed by atoms with E-state index in [1.807, 2.05) is 42.5 Å². The summed E-state index contributed by atoms with van der Waals surface area (Å²) in [5.74, 6) is 1.92. The molecule has 1 aromatic heterocycles. The second-order valence-electron chi connectivity index (χ2n) is 7.32. The number of methoxy groups -OCH3 is 2. The van der Waals surface area contributed by atoms with Gasteiger partial charge in [-0.15, -0.1) is 0 Å². The SMILES string of the molecule is COc1ccc(OC)c(-c2cc(Cl)c3c(c2)CC(CNC(=O)/C=C/c2cccnc2)O3)c1. The maximum Gasteiger partial charge on any atom is 0.244 e. The zero-order valence-electron chi connectivity index (χ0n) is 17.8. The molecule has 0 radical (unpaired) electrons. The van der Waals surface area contributed by atoms with Crippen molar-refractivity contribution >= 4 is 23.6 Å². The Bertz CT molecular complexity index is 1150. The van der Waals surface area contributed by atoms with Gasteiger partial charge in [-0.2, -0.15) is 0 Å². The smallest absolute Gasteiger partial charge is 0.244 e. The number of hydrogen-bond acceptors (Lipinski definition) is 5. The number of halogens is 1. The van der Waals surface area contributed by atoms with Crippen molar-refractivity contribution in [2.24, 2.45) is 0 Å². The van der Waals surface area contributed by atoms with Crippen molar-refractivity contribution in [3.05, 3.63) is 77.1 Å². The molecule has 3 aromatic rings. The van der Waals surface area contributed by atoms with Crippen LogP contribution in [0.15, 0.2) is 60.9 Å². The molecule has 1 amide bonds. The van der Waals surface area contributed by atoms with E-state index >= 15 is 0 Å². The van der Waals surface area contributed by atoms with Crippen LogP contribution in [0.25, 0.3) is 17.2 Å². The number of nitrogens with one attached hydrogen (secondary N) is 1. The average molecular weight is 451 g/mol. The number of amides is 1. The topological polar surface area (TPSA) is 69.7 Å². The van der Waals surface area contributed by atoms with E-state index in [-0.39, 0.29) is 12.0 Å². The summed E-state index contributed by atoms with van der Waals surface area (Å²) >= 11 is 6.54. The van der Waals surface area contributed by atoms with Crippen molar-refractivity contribution in [3.8, 4) is 28.4 Å². The van der Waals surface area contributed by atoms with Crippen LogP contribution in [0.2, 0.25) is 5.02 Å². The molecule has 1 aliphatic heterocycles. The quantitative estimate of drug-likeness (QED) is 0.535. The lowest BCUT2D eigenvalue weighted by Crippen LogP contribution is -2.33. The standard InChI is InChI=1S/C25H23ClN2O4/c1-30-19-6-7-23(31-2)21(13-19)17-10-18-11-20(32-25(18)22(26)12-17)15-28-24(29)8-5-16-4-3-9-27-14-16/h3-10,12-14,20H,11,15H2,1-2H3,(H,28,29)/b8-5+. The maximum atomic E-state index is 12.2. The molecule has 32 heavy (non-hydrogen) atoms. The first-order valence-electron chi connectivity index (χ1n) is 10.1. The zero-order valence-corrected chi connectivity index (χ0v) is 18.6. The maximum absolute atomic E-state index is 12.2. The first-order valence-corrected chi connectivity index (χ1v) is 10.5. The first kappa shape index (κ1) is 21.7. The Morgan fingerprint density at radius 3 is 2.88 bits per heavy atom. The fourth-order valence-corrected chi connectivity index (χ4v) is 3.90. The molecule has 2 aromatic carbocycles. The van der Waals surface area contributed by atoms with E-state index in [1.54, 1.807) is 32.7 Å². The number of fused-ring (bicyclic) bond motifs is 1. The van der Waals surface area contributed by atoms with Gasteiger partial charge in [0.15, 0.2) is 0 Å². The highest BCUT2D eigenvalue weighted by molar-refractivity contribution is 6.32. The predicted molar refractivity (Wildman–Crippen MR) is 124 cm³/mol. The Kier molecular flexibility index (Phi) is 6.61. The second-order valence-corrected chi connectivity index (χ2v) is 7.73. The number of aromatic nitrogens is 1. The minimum atomic E-state index is -0.194. The van der Waals surface area contributed by atoms with E-state index in [9.17, 15) is 4.79 Å². The van der Waals surface area contributed by atoms with E-state index in [1.165, 1.54) is 6.08 Å². The molecule has 6 nitrogen and oxygen atoms in total. The third-order valence-electron chi connectivity index (χ3n) is 5.19. The molecule has 7 heteroatoms. The van der Waals surface area contributed by atoms with E-state index < -0.39 is 0 Å². The highest BCUT2D eigenvalue weighted by Gasteiger charge is 2.26. The van der Waals surface area contributed by atoms with Crippen LogP contribution in [0.4, 0.5) is 0 Å². The Morgan fingerprint density at radius 1 is 1.25 bits per heavy atom. The van der Waals surface area contributed by atoms with Crippen LogP contribution in [0.1, 0.15) is 11.1 Å². The van der Waals surface area contributed by atoms with E-state index in [2.05, 4.69) is 10.3 Å². The molecule has 0 saturated carbocycles. The Labute approximate surface area is 191 Å². The van der Waals surface area contributed by atoms with Gasteiger partial charge in [0.1, 0.15) is 23.4 Å². The van der Waals surface area contributed by atoms with Crippen LogP contribution >= 0.6 is 11.6 Å². The number of rotatable bonds is 7. The molecule has 0 bridgehead atoms. The van der Waals surface area contributed by atoms with Gasteiger partial charge in [-0.25, -0.2) is 0 Å². The summed E-state index contributed by atoms with van der Waals surface area (Å²) < 4.78 is 16.9. The van der Waals surface area contributed by atoms with Gasteiger partial charge >= 0.3 is 0 Å². The van der Waals surface area contributed by atoms with Crippen molar-refractivity contribution in [1.29, 1.82) is 0 Å². The van der Waals surface area contributed by atoms with E-state index in [0.717, 1.165) is 33.8 Å². The monoisotopic (exact) mass is 450 g/mol. The fraction of sp³-hybridized carbons (Fsp3) is 0.200. The summed E-state index contributed by atoms with van der Waals surface area (Å²) in [5.41, 5.74) is 3.65. The molecule has 0 spiro atoms. The molecule has 1 aliphatic rings. The molecular weight excluding hydrogens is 428 g/mol. The lowest BCUT2D eigenvalue weighted by atomic mass is 9.99. The number of carbonyl (C=O) groups is 1. The number of ether oxygens (including phenoxy) is 3. The molecule has 1 N–H and O–H groups in total. The van der Waals surface area contributed by atoms with Crippen molar-refractivity contribution in [1.82, 2.24) is 10.3 Å². The number of hydrogen-bond donors (Lipinski definition) is 1. The zero-order chi connectivity index (χ0) is 22.5. The van der Waals surface area contributed by atoms with Crippen molar-refractivity contribution in [3.63, 3.8) is 0 Å². The summed E-state index contributed by atoms with van der Waals surface area (Å²) in [6, 6.07) is 13.2. The fourth-order valence-electron chi connectivity index (χ4n) is 3.62. The Balaban J connectivity index is 1.45. The largest absolute Gasteiger partial charge is 0.497 e. The van der Waals surface area contributed by atoms with Gasteiger partial charge in [-0.05, 0) is 53.6 Å². The average Bonchev–Trinajstić information content (AvgIpc) is 3.25. The number of benzene rings is 2. The van der Waals surface area contributed by atoms with Gasteiger partial charge in [0.2, 0.25) is 5.91 Å². The van der Waals surface area contributed by atoms with E-state index in [4.69, 9.17) is 25.8 Å². The molecular formula is C25H23ClN2O4. The van der Waals surface area contributed by atoms with E-state index in [0.29, 0.717) is 23.7 Å². The van der Waals surface area contributed by atoms with Crippen molar-refractivity contribution in [2.75, 3.05) is 20.8 Å². The predicted octanol–water partition coefficient (Wildman–Crippen LogP) is 4.55. The van der Waals surface area contributed by atoms with Crippen LogP contribution in [0.3, 0.4) is 0 Å². The van der Waals surface area contributed by atoms with Crippen molar-refractivity contribution in [2.45, 2.75) is 12.5 Å². The molecule has 4 rings (SSSR count). The normalized spacial score (nSPS) is 14.7. The van der Waals surface area contributed by atoms with Crippen LogP contribution in [-0.2, 0) is 11.2 Å². The molecule has 0 saturated heterocycles. The highest BCUT2D eigenvalue weighted by atomic mass is 35.5. The summed E-state index contributed by atoms with van der Waals surface area (Å²) in [7, 11) is 3.25. The Hall–Kier alpha value is -3.51. The third kappa shape index (κ3) is 4.86. The summed E-state index contributed by atoms with van der Waals surface area (Å²) in [5, 5.41) is 3.40. The molecule has 1 atom stereocenters. The minimum Gasteiger partial charge on any atom is -0.497 e. The third-order valence-corrected chi connectivity index (χ3v) is 5.47. The summed E-state index contributed by atoms with van der Waals surface area (Å²) in [6.07, 6.45) is 7.03. The summed E-state index contributed by atoms with van der Waals surface area (Å²) in [4.78, 5) is 16.2. The lowest BCUT2D eigenvalue weighted by molar-refractivity contribution is -0.116. The van der Waals surface area contributed by atoms with Gasteiger partial charge in [0, 0.05) is 36.0 Å². The molecule has 0 aliphatic carbocycles. The van der Waals surface area contributed by atoms with Crippen LogP contribution in [-0.4, -0.2) is 37.8 Å². The highest BCUT2D eigenvalue weighted by Crippen LogP contribution is 2.42. The molecule has 2 heterocycles. The molecule has 1 unspecified atom stereocenters. The van der Waals surface area contributed by atoms with Gasteiger partial charge in [0.05, 0.1) is 25.8 Å². The first-order chi connectivity index (χ1) is 15.6.